The van der Waals surface area contributed by atoms with Crippen LogP contribution in [-0.2, 0) is 15.3 Å². The number of carbonyl (C=O) groups is 1. The second-order valence-corrected chi connectivity index (χ2v) is 27.5. The first-order chi connectivity index (χ1) is 40.7. The third-order valence-electron chi connectivity index (χ3n) is 11.4. The first kappa shape index (κ1) is 67.8. The molecule has 1 aliphatic heterocycles. The van der Waals surface area contributed by atoms with Gasteiger partial charge in [-0.15, -0.1) is 45.3 Å². The van der Waals surface area contributed by atoms with Crippen LogP contribution in [0.1, 0.15) is 62.0 Å². The maximum Gasteiger partial charge on any atom is 0.227 e. The number of nitrogens with zero attached hydrogens (tertiary/aromatic N) is 11. The third-order valence-corrected chi connectivity index (χ3v) is 17.8. The van der Waals surface area contributed by atoms with Crippen molar-refractivity contribution in [1.29, 1.82) is 0 Å². The number of halogens is 3. The average molecular weight is 1430 g/mol. The highest BCUT2D eigenvalue weighted by molar-refractivity contribution is 9.11. The van der Waals surface area contributed by atoms with E-state index >= 15 is 0 Å². The minimum atomic E-state index is -0.686. The summed E-state index contributed by atoms with van der Waals surface area (Å²) in [5.74, 6) is 0.592. The lowest BCUT2D eigenvalue weighted by Crippen LogP contribution is -2.43. The molecule has 1 aliphatic rings. The number of aliphatic imine (C=N–C) groups is 1. The molecular weight excluding hydrogens is 1370 g/mol. The number of hydrogen-bond acceptors (Lipinski definition) is 22. The number of guanidine groups is 1. The Bertz CT molecular complexity index is 3640. The van der Waals surface area contributed by atoms with Crippen molar-refractivity contribution >= 4 is 150 Å². The number of aromatic nitrogens is 9. The molecule has 1 fully saturated rings. The van der Waals surface area contributed by atoms with E-state index in [9.17, 15) is 4.79 Å². The Hall–Kier alpha value is -6.37. The summed E-state index contributed by atoms with van der Waals surface area (Å²) in [6, 6.07) is 22.3. The summed E-state index contributed by atoms with van der Waals surface area (Å²) in [5.41, 5.74) is 22.1. The van der Waals surface area contributed by atoms with Crippen molar-refractivity contribution in [3.63, 3.8) is 0 Å². The highest BCUT2D eigenvalue weighted by atomic mass is 79.9. The lowest BCUT2D eigenvalue weighted by molar-refractivity contribution is -0.201. The van der Waals surface area contributed by atoms with Crippen molar-refractivity contribution in [1.82, 2.24) is 50.2 Å². The highest BCUT2D eigenvalue weighted by Gasteiger charge is 2.28. The van der Waals surface area contributed by atoms with Gasteiger partial charge in [-0.1, -0.05) is 29.5 Å². The summed E-state index contributed by atoms with van der Waals surface area (Å²) in [6.07, 6.45) is 12.4. The molecule has 27 heteroatoms. The number of rotatable bonds is 12. The van der Waals surface area contributed by atoms with Crippen LogP contribution in [0, 0.1) is 41.5 Å². The molecule has 0 unspecified atom stereocenters. The minimum Gasteiger partial charge on any atom is -0.370 e. The molecule has 0 spiro atoms. The van der Waals surface area contributed by atoms with E-state index in [1.165, 1.54) is 56.9 Å². The number of nitrogens with one attached hydrogen (secondary N) is 3. The van der Waals surface area contributed by atoms with Crippen LogP contribution in [0.25, 0.3) is 21.4 Å². The number of methoxy groups -OCH3 is 2. The van der Waals surface area contributed by atoms with Crippen molar-refractivity contribution < 1.29 is 14.3 Å². The van der Waals surface area contributed by atoms with Crippen molar-refractivity contribution in [3.8, 4) is 21.4 Å². The molecule has 10 aromatic rings. The predicted octanol–water partition coefficient (Wildman–Crippen LogP) is 14.9. The lowest BCUT2D eigenvalue weighted by Gasteiger charge is -2.27. The Kier molecular flexibility index (Phi) is 27.2. The Morgan fingerprint density at radius 2 is 1.11 bits per heavy atom. The normalized spacial score (nSPS) is 11.6. The fourth-order valence-electron chi connectivity index (χ4n) is 7.71. The van der Waals surface area contributed by atoms with E-state index in [0.717, 1.165) is 92.3 Å². The molecule has 11 rings (SSSR count). The zero-order chi connectivity index (χ0) is 61.5. The molecule has 0 saturated carbocycles. The number of ether oxygens (including phenoxy) is 2. The number of ketones is 1. The van der Waals surface area contributed by atoms with Gasteiger partial charge in [0.1, 0.15) is 26.4 Å². The largest absolute Gasteiger partial charge is 0.370 e. The van der Waals surface area contributed by atoms with Gasteiger partial charge in [0.05, 0.1) is 31.9 Å². The number of nitrogens with two attached hydrogens (primary N) is 2. The van der Waals surface area contributed by atoms with E-state index in [1.807, 2.05) is 62.0 Å². The summed E-state index contributed by atoms with van der Waals surface area (Å²) in [6.45, 7) is 19.8. The number of thiazole rings is 5. The first-order valence-electron chi connectivity index (χ1n) is 25.9. The molecule has 85 heavy (non-hydrogen) atoms. The Balaban J connectivity index is 0.000000175. The van der Waals surface area contributed by atoms with Gasteiger partial charge in [0.15, 0.2) is 25.7 Å². The highest BCUT2D eigenvalue weighted by Crippen LogP contribution is 2.32. The number of hydrogen-bond donors (Lipinski definition) is 5. The van der Waals surface area contributed by atoms with Gasteiger partial charge in [0.2, 0.25) is 17.7 Å². The van der Waals surface area contributed by atoms with Crippen LogP contribution in [0.3, 0.4) is 0 Å². The maximum absolute atomic E-state index is 10.6. The zero-order valence-electron chi connectivity index (χ0n) is 48.3. The number of carbonyl (C=O) groups excluding carboxylic acids is 1. The SMILES string of the molecule is Brc1nccs1.CC(=O)c1ncc(Br)s1.COC(C)(OC)c1nccs1.Cc1cc(C)cc(N=C(N)N)c1.Cc1cc(C)cc(Nc2nccc(-c3ncc(Br)s3)n2)c1.Cc1cc(C)cc(Nc2nccc(-c3ncc(N4CCNCC4)s3)n2)c1. The van der Waals surface area contributed by atoms with E-state index < -0.39 is 5.79 Å². The lowest BCUT2D eigenvalue weighted by atomic mass is 10.1. The fourth-order valence-corrected chi connectivity index (χ4v) is 12.5. The molecule has 1 saturated heterocycles. The van der Waals surface area contributed by atoms with E-state index in [4.69, 9.17) is 20.9 Å². The van der Waals surface area contributed by atoms with Crippen molar-refractivity contribution in [2.24, 2.45) is 16.5 Å². The summed E-state index contributed by atoms with van der Waals surface area (Å²) >= 11 is 17.5. The van der Waals surface area contributed by atoms with Crippen LogP contribution in [-0.4, -0.2) is 97.0 Å². The van der Waals surface area contributed by atoms with E-state index in [-0.39, 0.29) is 11.7 Å². The van der Waals surface area contributed by atoms with Gasteiger partial charge in [0.25, 0.3) is 0 Å². The summed E-state index contributed by atoms with van der Waals surface area (Å²) in [7, 11) is 3.20. The Morgan fingerprint density at radius 1 is 0.624 bits per heavy atom. The number of benzene rings is 3. The van der Waals surface area contributed by atoms with Crippen molar-refractivity contribution in [3.05, 3.63) is 176 Å². The molecule has 446 valence electrons. The topological polar surface area (TPSA) is 255 Å². The summed E-state index contributed by atoms with van der Waals surface area (Å²) < 4.78 is 13.1. The zero-order valence-corrected chi connectivity index (χ0v) is 57.2. The van der Waals surface area contributed by atoms with Gasteiger partial charge in [0, 0.05) is 94.2 Å². The molecule has 19 nitrogen and oxygen atoms in total. The molecule has 8 heterocycles. The van der Waals surface area contributed by atoms with Gasteiger partial charge in [-0.05, 0) is 178 Å². The van der Waals surface area contributed by atoms with Gasteiger partial charge < -0.3 is 41.8 Å². The minimum absolute atomic E-state index is 0.0192. The van der Waals surface area contributed by atoms with E-state index in [1.54, 1.807) is 85.4 Å². The molecule has 0 amide bonds. The standard InChI is InChI=1S/C19H22N6S.C15H13BrN4S.C9H13N3.C7H11NO2S.C5H4BrNOS.C3H2BrNS/c1-13-9-14(2)11-15(10-13)23-19-21-4-3-16(24-19)18-22-12-17(26-18)25-7-5-20-6-8-25;1-9-5-10(2)7-11(6-9)19-15-17-4-3-12(20-15)14-18-8-13(16)21-14;1-6-3-7(2)5-8(4-6)12-9(10)11;1-7(9-2,10-3)6-8-4-5-11-6;1-3(8)5-7-2-4(6)9-5;4-3-5-1-2-6-3/h3-4,9-12,20H,5-8H2,1-2H3,(H,21,23,24);3-8H,1-2H3,(H,17,19,20);3-5H,1-2H3,(H4,10,11,12);4-5H,1-3H3;2H,1H3;1-2H. The summed E-state index contributed by atoms with van der Waals surface area (Å²) in [4.78, 5) is 55.4. The van der Waals surface area contributed by atoms with Crippen LogP contribution < -0.4 is 32.3 Å². The molecule has 7 aromatic heterocycles. The van der Waals surface area contributed by atoms with Gasteiger partial charge >= 0.3 is 0 Å². The number of Topliss-reactive ketones (excluding diaryl/α,β-unsaturated/α-hetero) is 1. The average Bonchev–Trinajstić information content (AvgIpc) is 4.38. The van der Waals surface area contributed by atoms with Crippen LogP contribution >= 0.6 is 104 Å². The first-order valence-corrected chi connectivity index (χ1v) is 32.5. The van der Waals surface area contributed by atoms with Crippen LogP contribution in [0.2, 0.25) is 0 Å². The number of piperazine rings is 1. The molecule has 0 aliphatic carbocycles. The molecule has 3 aromatic carbocycles. The number of aryl methyl sites for hydroxylation is 6. The molecule has 7 N–H and O–H groups in total. The third kappa shape index (κ3) is 23.1. The van der Waals surface area contributed by atoms with E-state index in [0.29, 0.717) is 16.9 Å². The summed E-state index contributed by atoms with van der Waals surface area (Å²) in [5, 5.41) is 18.1. The fraction of sp³-hybridized carbons (Fsp3) is 0.259. The van der Waals surface area contributed by atoms with Crippen molar-refractivity contribution in [2.75, 3.05) is 55.9 Å². The predicted molar refractivity (Wildman–Crippen MR) is 362 cm³/mol. The monoisotopic (exact) mass is 1430 g/mol. The second-order valence-electron chi connectivity index (χ2n) is 18.6. The molecular formula is C58H65Br3N16O3S5. The molecule has 0 radical (unpaired) electrons. The van der Waals surface area contributed by atoms with Crippen LogP contribution in [0.5, 0.6) is 0 Å². The molecule has 0 bridgehead atoms. The van der Waals surface area contributed by atoms with E-state index in [2.05, 4.69) is 189 Å². The smallest absolute Gasteiger partial charge is 0.227 e. The molecule has 0 atom stereocenters. The van der Waals surface area contributed by atoms with Crippen LogP contribution in [0.4, 0.5) is 34.0 Å². The Morgan fingerprint density at radius 3 is 1.51 bits per heavy atom. The number of anilines is 5. The Labute approximate surface area is 540 Å². The van der Waals surface area contributed by atoms with Gasteiger partial charge in [-0.25, -0.2) is 49.8 Å². The maximum atomic E-state index is 10.6. The van der Waals surface area contributed by atoms with Crippen molar-refractivity contribution in [2.45, 2.75) is 61.2 Å². The van der Waals surface area contributed by atoms with Gasteiger partial charge in [-0.2, -0.15) is 0 Å². The second kappa shape index (κ2) is 34.1. The van der Waals surface area contributed by atoms with Gasteiger partial charge in [-0.3, -0.25) is 4.79 Å². The quantitative estimate of drug-likeness (QED) is 0.0330. The van der Waals surface area contributed by atoms with Crippen LogP contribution in [0.15, 0.2) is 137 Å².